The molecule has 2 heterocycles. The molecule has 0 fully saturated rings. The highest BCUT2D eigenvalue weighted by Crippen LogP contribution is 2.40. The highest BCUT2D eigenvalue weighted by Gasteiger charge is 2.21. The average Bonchev–Trinajstić information content (AvgIpc) is 3.17. The van der Waals surface area contributed by atoms with Gasteiger partial charge in [-0.3, -0.25) is 0 Å². The van der Waals surface area contributed by atoms with Crippen molar-refractivity contribution in [3.8, 4) is 5.75 Å². The van der Waals surface area contributed by atoms with E-state index in [0.717, 1.165) is 45.3 Å². The lowest BCUT2D eigenvalue weighted by atomic mass is 10.1. The van der Waals surface area contributed by atoms with Crippen molar-refractivity contribution >= 4 is 43.8 Å². The monoisotopic (exact) mass is 333 g/mol. The van der Waals surface area contributed by atoms with Gasteiger partial charge in [-0.1, -0.05) is 24.3 Å². The Bertz CT molecular complexity index is 1090. The van der Waals surface area contributed by atoms with Crippen molar-refractivity contribution in [3.05, 3.63) is 53.2 Å². The van der Waals surface area contributed by atoms with Gasteiger partial charge >= 0.3 is 0 Å². The second kappa shape index (κ2) is 5.18. The van der Waals surface area contributed by atoms with Crippen LogP contribution in [-0.2, 0) is 12.8 Å². The Kier molecular flexibility index (Phi) is 2.97. The molecule has 0 spiro atoms. The minimum Gasteiger partial charge on any atom is -0.507 e. The number of hydrogen-bond acceptors (Lipinski definition) is 5. The van der Waals surface area contributed by atoms with Crippen molar-refractivity contribution in [2.24, 2.45) is 0 Å². The van der Waals surface area contributed by atoms with Crippen LogP contribution in [-0.4, -0.2) is 15.1 Å². The summed E-state index contributed by atoms with van der Waals surface area (Å²) in [7, 11) is 0. The molecule has 0 amide bonds. The standard InChI is InChI=1S/C19H15N3OS/c23-15-8-2-4-11-12(15)5-1-7-14(11)22-18-17-13-6-3-9-16(13)24-19(17)21-10-20-18/h1-2,4-5,7-8,10,23H,3,6,9H2,(H,20,21,22). The maximum Gasteiger partial charge on any atom is 0.142 e. The van der Waals surface area contributed by atoms with Crippen LogP contribution in [0.4, 0.5) is 11.5 Å². The summed E-state index contributed by atoms with van der Waals surface area (Å²) in [5.74, 6) is 1.15. The first kappa shape index (κ1) is 13.7. The maximum absolute atomic E-state index is 10.1. The lowest BCUT2D eigenvalue weighted by Gasteiger charge is -2.11. The maximum atomic E-state index is 10.1. The Morgan fingerprint density at radius 3 is 2.83 bits per heavy atom. The van der Waals surface area contributed by atoms with E-state index in [0.29, 0.717) is 5.75 Å². The molecule has 1 aliphatic rings. The lowest BCUT2D eigenvalue weighted by molar-refractivity contribution is 0.481. The highest BCUT2D eigenvalue weighted by atomic mass is 32.1. The predicted molar refractivity (Wildman–Crippen MR) is 98.3 cm³/mol. The zero-order valence-corrected chi connectivity index (χ0v) is 13.7. The van der Waals surface area contributed by atoms with E-state index in [1.807, 2.05) is 30.3 Å². The first-order chi connectivity index (χ1) is 11.8. The number of nitrogens with zero attached hydrogens (tertiary/aromatic N) is 2. The van der Waals surface area contributed by atoms with E-state index >= 15 is 0 Å². The number of nitrogens with one attached hydrogen (secondary N) is 1. The zero-order chi connectivity index (χ0) is 16.1. The number of thiophene rings is 1. The second-order valence-electron chi connectivity index (χ2n) is 6.06. The minimum absolute atomic E-state index is 0.292. The van der Waals surface area contributed by atoms with E-state index in [1.54, 1.807) is 23.7 Å². The quantitative estimate of drug-likeness (QED) is 0.554. The number of aryl methyl sites for hydroxylation is 2. The molecule has 5 rings (SSSR count). The molecule has 4 aromatic rings. The summed E-state index contributed by atoms with van der Waals surface area (Å²) in [5.41, 5.74) is 2.35. The number of fused-ring (bicyclic) bond motifs is 4. The Hall–Kier alpha value is -2.66. The highest BCUT2D eigenvalue weighted by molar-refractivity contribution is 7.19. The molecule has 0 radical (unpaired) electrons. The minimum atomic E-state index is 0.292. The van der Waals surface area contributed by atoms with E-state index in [4.69, 9.17) is 0 Å². The summed E-state index contributed by atoms with van der Waals surface area (Å²) >= 11 is 1.79. The number of phenolic OH excluding ortho intramolecular Hbond substituents is 1. The van der Waals surface area contributed by atoms with Gasteiger partial charge in [-0.15, -0.1) is 11.3 Å². The van der Waals surface area contributed by atoms with Gasteiger partial charge in [-0.2, -0.15) is 0 Å². The molecule has 1 aliphatic carbocycles. The largest absolute Gasteiger partial charge is 0.507 e. The average molecular weight is 333 g/mol. The Balaban J connectivity index is 1.69. The first-order valence-electron chi connectivity index (χ1n) is 8.04. The molecule has 5 heteroatoms. The second-order valence-corrected chi connectivity index (χ2v) is 7.15. The van der Waals surface area contributed by atoms with Crippen LogP contribution in [0.25, 0.3) is 21.0 Å². The summed E-state index contributed by atoms with van der Waals surface area (Å²) in [5, 5.41) is 16.5. The zero-order valence-electron chi connectivity index (χ0n) is 12.9. The summed E-state index contributed by atoms with van der Waals surface area (Å²) < 4.78 is 0. The summed E-state index contributed by atoms with van der Waals surface area (Å²) in [6.07, 6.45) is 5.10. The van der Waals surface area contributed by atoms with Crippen LogP contribution in [0.3, 0.4) is 0 Å². The number of aromatic hydroxyl groups is 1. The van der Waals surface area contributed by atoms with Gasteiger partial charge in [0.2, 0.25) is 0 Å². The van der Waals surface area contributed by atoms with Crippen molar-refractivity contribution in [2.45, 2.75) is 19.3 Å². The van der Waals surface area contributed by atoms with Crippen molar-refractivity contribution in [3.63, 3.8) is 0 Å². The molecule has 2 aromatic carbocycles. The lowest BCUT2D eigenvalue weighted by Crippen LogP contribution is -1.97. The summed E-state index contributed by atoms with van der Waals surface area (Å²) in [6, 6.07) is 11.5. The third-order valence-corrected chi connectivity index (χ3v) is 5.85. The van der Waals surface area contributed by atoms with Crippen molar-refractivity contribution < 1.29 is 5.11 Å². The molecule has 0 aliphatic heterocycles. The number of benzene rings is 2. The van der Waals surface area contributed by atoms with E-state index in [9.17, 15) is 5.11 Å². The molecule has 0 atom stereocenters. The summed E-state index contributed by atoms with van der Waals surface area (Å²) in [4.78, 5) is 11.5. The van der Waals surface area contributed by atoms with Crippen LogP contribution in [0.15, 0.2) is 42.7 Å². The molecule has 4 nitrogen and oxygen atoms in total. The van der Waals surface area contributed by atoms with Gasteiger partial charge in [0.15, 0.2) is 0 Å². The van der Waals surface area contributed by atoms with Crippen molar-refractivity contribution in [1.82, 2.24) is 9.97 Å². The molecule has 2 aromatic heterocycles. The number of rotatable bonds is 2. The van der Waals surface area contributed by atoms with Crippen LogP contribution in [0.2, 0.25) is 0 Å². The van der Waals surface area contributed by atoms with Crippen LogP contribution >= 0.6 is 11.3 Å². The third kappa shape index (κ3) is 1.98. The molecular formula is C19H15N3OS. The van der Waals surface area contributed by atoms with Gasteiger partial charge in [-0.25, -0.2) is 9.97 Å². The van der Waals surface area contributed by atoms with E-state index in [2.05, 4.69) is 15.3 Å². The fourth-order valence-electron chi connectivity index (χ4n) is 3.55. The molecule has 118 valence electrons. The molecule has 0 bridgehead atoms. The van der Waals surface area contributed by atoms with Crippen LogP contribution in [0.1, 0.15) is 16.9 Å². The van der Waals surface area contributed by atoms with E-state index < -0.39 is 0 Å². The fraction of sp³-hybridized carbons (Fsp3) is 0.158. The number of anilines is 2. The first-order valence-corrected chi connectivity index (χ1v) is 8.86. The van der Waals surface area contributed by atoms with Crippen molar-refractivity contribution in [2.75, 3.05) is 5.32 Å². The molecule has 0 saturated heterocycles. The normalized spacial score (nSPS) is 13.5. The SMILES string of the molecule is Oc1cccc2c(Nc3ncnc4sc5c(c34)CCC5)cccc12. The van der Waals surface area contributed by atoms with Gasteiger partial charge in [0.05, 0.1) is 5.39 Å². The van der Waals surface area contributed by atoms with Crippen molar-refractivity contribution in [1.29, 1.82) is 0 Å². The third-order valence-electron chi connectivity index (χ3n) is 4.65. The number of hydrogen-bond donors (Lipinski definition) is 2. The van der Waals surface area contributed by atoms with Crippen LogP contribution in [0.5, 0.6) is 5.75 Å². The smallest absolute Gasteiger partial charge is 0.142 e. The van der Waals surface area contributed by atoms with E-state index in [-0.39, 0.29) is 0 Å². The summed E-state index contributed by atoms with van der Waals surface area (Å²) in [6.45, 7) is 0. The topological polar surface area (TPSA) is 58.0 Å². The molecule has 0 saturated carbocycles. The van der Waals surface area contributed by atoms with Gasteiger partial charge in [0.25, 0.3) is 0 Å². The molecule has 0 unspecified atom stereocenters. The Labute approximate surface area is 142 Å². The van der Waals surface area contributed by atoms with Crippen LogP contribution in [0, 0.1) is 0 Å². The molecule has 2 N–H and O–H groups in total. The number of phenols is 1. The van der Waals surface area contributed by atoms with E-state index in [1.165, 1.54) is 16.9 Å². The fourth-order valence-corrected chi connectivity index (χ4v) is 4.78. The predicted octanol–water partition coefficient (Wildman–Crippen LogP) is 4.78. The molecular weight excluding hydrogens is 318 g/mol. The van der Waals surface area contributed by atoms with Gasteiger partial charge < -0.3 is 10.4 Å². The van der Waals surface area contributed by atoms with Crippen LogP contribution < -0.4 is 5.32 Å². The van der Waals surface area contributed by atoms with Gasteiger partial charge in [-0.05, 0) is 37.0 Å². The Morgan fingerprint density at radius 1 is 1.00 bits per heavy atom. The van der Waals surface area contributed by atoms with Gasteiger partial charge in [0, 0.05) is 21.3 Å². The molecule has 24 heavy (non-hydrogen) atoms. The Morgan fingerprint density at radius 2 is 1.88 bits per heavy atom. The number of aromatic nitrogens is 2. The van der Waals surface area contributed by atoms with Gasteiger partial charge in [0.1, 0.15) is 22.7 Å².